The lowest BCUT2D eigenvalue weighted by atomic mass is 9.95. The first-order valence-corrected chi connectivity index (χ1v) is 7.68. The lowest BCUT2D eigenvalue weighted by Crippen LogP contribution is -2.56. The van der Waals surface area contributed by atoms with E-state index in [0.717, 1.165) is 12.6 Å². The zero-order valence-corrected chi connectivity index (χ0v) is 10.5. The Morgan fingerprint density at radius 2 is 2.29 bits per heavy atom. The van der Waals surface area contributed by atoms with E-state index in [2.05, 4.69) is 35.5 Å². The third-order valence-corrected chi connectivity index (χ3v) is 6.04. The van der Waals surface area contributed by atoms with Crippen molar-refractivity contribution >= 4 is 23.5 Å². The first-order valence-electron chi connectivity index (χ1n) is 5.37. The summed E-state index contributed by atoms with van der Waals surface area (Å²) in [5, 5.41) is 0. The fraction of sp³-hybridized carbons (Fsp3) is 1.00. The molecule has 2 aliphatic rings. The van der Waals surface area contributed by atoms with E-state index < -0.39 is 0 Å². The van der Waals surface area contributed by atoms with Crippen molar-refractivity contribution in [1.82, 2.24) is 4.90 Å². The number of hydrogen-bond acceptors (Lipinski definition) is 4. The lowest BCUT2D eigenvalue weighted by Gasteiger charge is -2.41. The van der Waals surface area contributed by atoms with E-state index in [1.165, 1.54) is 35.9 Å². The van der Waals surface area contributed by atoms with E-state index in [0.29, 0.717) is 5.54 Å². The Bertz CT molecular complexity index is 187. The first kappa shape index (κ1) is 11.1. The van der Waals surface area contributed by atoms with E-state index in [4.69, 9.17) is 5.73 Å². The van der Waals surface area contributed by atoms with Gasteiger partial charge in [-0.05, 0) is 31.4 Å². The van der Waals surface area contributed by atoms with Crippen molar-refractivity contribution in [3.63, 3.8) is 0 Å². The number of likely N-dealkylation sites (N-methyl/N-ethyl adjacent to an activating group) is 1. The summed E-state index contributed by atoms with van der Waals surface area (Å²) in [5.41, 5.74) is 6.30. The van der Waals surface area contributed by atoms with Gasteiger partial charge in [0.1, 0.15) is 0 Å². The minimum Gasteiger partial charge on any atom is -0.329 e. The van der Waals surface area contributed by atoms with E-state index in [-0.39, 0.29) is 0 Å². The summed E-state index contributed by atoms with van der Waals surface area (Å²) in [6.07, 6.45) is 2.64. The Morgan fingerprint density at radius 1 is 1.43 bits per heavy atom. The van der Waals surface area contributed by atoms with Crippen LogP contribution in [-0.2, 0) is 0 Å². The molecule has 0 aromatic carbocycles. The standard InChI is InChI=1S/C10H20N2S2/c1-12(9-2-4-13-6-9)10(7-11)3-5-14-8-10/h9H,2-8,11H2,1H3. The summed E-state index contributed by atoms with van der Waals surface area (Å²) in [7, 11) is 2.29. The van der Waals surface area contributed by atoms with Crippen LogP contribution in [0.25, 0.3) is 0 Å². The molecule has 0 aromatic heterocycles. The largest absolute Gasteiger partial charge is 0.329 e. The average molecular weight is 232 g/mol. The third kappa shape index (κ3) is 1.94. The highest BCUT2D eigenvalue weighted by Crippen LogP contribution is 2.35. The lowest BCUT2D eigenvalue weighted by molar-refractivity contribution is 0.110. The van der Waals surface area contributed by atoms with Crippen molar-refractivity contribution in [3.05, 3.63) is 0 Å². The van der Waals surface area contributed by atoms with E-state index in [1.807, 2.05) is 0 Å². The zero-order valence-electron chi connectivity index (χ0n) is 8.87. The van der Waals surface area contributed by atoms with Crippen LogP contribution in [-0.4, -0.2) is 53.1 Å². The predicted octanol–water partition coefficient (Wildman–Crippen LogP) is 1.26. The Hall–Kier alpha value is 0.620. The minimum atomic E-state index is 0.320. The molecule has 2 nitrogen and oxygen atoms in total. The van der Waals surface area contributed by atoms with Gasteiger partial charge in [0.25, 0.3) is 0 Å². The number of nitrogens with two attached hydrogens (primary N) is 1. The molecule has 0 radical (unpaired) electrons. The number of thioether (sulfide) groups is 2. The van der Waals surface area contributed by atoms with Crippen LogP contribution < -0.4 is 5.73 Å². The van der Waals surface area contributed by atoms with Crippen LogP contribution in [0.1, 0.15) is 12.8 Å². The minimum absolute atomic E-state index is 0.320. The number of rotatable bonds is 3. The molecular weight excluding hydrogens is 212 g/mol. The Balaban J connectivity index is 2.02. The second-order valence-corrected chi connectivity index (χ2v) is 6.61. The molecule has 4 heteroatoms. The topological polar surface area (TPSA) is 29.3 Å². The van der Waals surface area contributed by atoms with Gasteiger partial charge < -0.3 is 5.73 Å². The Morgan fingerprint density at radius 3 is 2.79 bits per heavy atom. The highest BCUT2D eigenvalue weighted by atomic mass is 32.2. The fourth-order valence-electron chi connectivity index (χ4n) is 2.39. The Labute approximate surface area is 95.4 Å². The van der Waals surface area contributed by atoms with Crippen LogP contribution in [0, 0.1) is 0 Å². The van der Waals surface area contributed by atoms with Crippen molar-refractivity contribution in [3.8, 4) is 0 Å². The molecule has 0 aliphatic carbocycles. The predicted molar refractivity (Wildman–Crippen MR) is 67.2 cm³/mol. The molecule has 82 valence electrons. The van der Waals surface area contributed by atoms with Gasteiger partial charge in [-0.2, -0.15) is 23.5 Å². The molecule has 2 saturated heterocycles. The van der Waals surface area contributed by atoms with E-state index in [9.17, 15) is 0 Å². The molecule has 2 N–H and O–H groups in total. The maximum Gasteiger partial charge on any atom is 0.0429 e. The van der Waals surface area contributed by atoms with Crippen LogP contribution in [0.3, 0.4) is 0 Å². The van der Waals surface area contributed by atoms with Gasteiger partial charge in [0, 0.05) is 29.6 Å². The van der Waals surface area contributed by atoms with Crippen LogP contribution in [0.15, 0.2) is 0 Å². The summed E-state index contributed by atoms with van der Waals surface area (Å²) in [5.74, 6) is 5.17. The summed E-state index contributed by atoms with van der Waals surface area (Å²) >= 11 is 4.15. The second kappa shape index (κ2) is 4.64. The second-order valence-electron chi connectivity index (χ2n) is 4.36. The summed E-state index contributed by atoms with van der Waals surface area (Å²) < 4.78 is 0. The molecule has 2 atom stereocenters. The van der Waals surface area contributed by atoms with Crippen LogP contribution >= 0.6 is 23.5 Å². The molecule has 14 heavy (non-hydrogen) atoms. The molecular formula is C10H20N2S2. The first-order chi connectivity index (χ1) is 6.78. The van der Waals surface area contributed by atoms with Gasteiger partial charge in [0.2, 0.25) is 0 Å². The third-order valence-electron chi connectivity index (χ3n) is 3.66. The van der Waals surface area contributed by atoms with Gasteiger partial charge in [-0.25, -0.2) is 0 Å². The van der Waals surface area contributed by atoms with Crippen LogP contribution in [0.2, 0.25) is 0 Å². The number of nitrogens with zero attached hydrogens (tertiary/aromatic N) is 1. The average Bonchev–Trinajstić information content (AvgIpc) is 2.89. The van der Waals surface area contributed by atoms with E-state index in [1.54, 1.807) is 0 Å². The zero-order chi connectivity index (χ0) is 10.0. The van der Waals surface area contributed by atoms with Gasteiger partial charge in [0.05, 0.1) is 0 Å². The molecule has 0 spiro atoms. The highest BCUT2D eigenvalue weighted by Gasteiger charge is 2.40. The van der Waals surface area contributed by atoms with Crippen molar-refractivity contribution in [2.24, 2.45) is 5.73 Å². The Kier molecular flexibility index (Phi) is 3.68. The monoisotopic (exact) mass is 232 g/mol. The molecule has 2 aliphatic heterocycles. The van der Waals surface area contributed by atoms with Crippen LogP contribution in [0.5, 0.6) is 0 Å². The smallest absolute Gasteiger partial charge is 0.0429 e. The molecule has 2 heterocycles. The van der Waals surface area contributed by atoms with Gasteiger partial charge >= 0.3 is 0 Å². The van der Waals surface area contributed by atoms with E-state index >= 15 is 0 Å². The molecule has 0 aromatic rings. The summed E-state index contributed by atoms with van der Waals surface area (Å²) in [6.45, 7) is 0.831. The highest BCUT2D eigenvalue weighted by molar-refractivity contribution is 7.99. The molecule has 2 unspecified atom stereocenters. The van der Waals surface area contributed by atoms with Gasteiger partial charge in [-0.3, -0.25) is 4.90 Å². The molecule has 2 rings (SSSR count). The number of hydrogen-bond donors (Lipinski definition) is 1. The SMILES string of the molecule is CN(C1CCSC1)C1(CN)CCSC1. The van der Waals surface area contributed by atoms with Crippen molar-refractivity contribution in [2.45, 2.75) is 24.4 Å². The molecule has 0 amide bonds. The fourth-order valence-corrected chi connectivity index (χ4v) is 5.18. The maximum atomic E-state index is 5.98. The summed E-state index contributed by atoms with van der Waals surface area (Å²) in [4.78, 5) is 2.59. The van der Waals surface area contributed by atoms with Crippen molar-refractivity contribution in [1.29, 1.82) is 0 Å². The van der Waals surface area contributed by atoms with Gasteiger partial charge in [-0.15, -0.1) is 0 Å². The van der Waals surface area contributed by atoms with Crippen molar-refractivity contribution < 1.29 is 0 Å². The van der Waals surface area contributed by atoms with Gasteiger partial charge in [-0.1, -0.05) is 0 Å². The quantitative estimate of drug-likeness (QED) is 0.793. The van der Waals surface area contributed by atoms with Gasteiger partial charge in [0.15, 0.2) is 0 Å². The summed E-state index contributed by atoms with van der Waals surface area (Å²) in [6, 6.07) is 0.780. The molecule has 2 fully saturated rings. The van der Waals surface area contributed by atoms with Crippen LogP contribution in [0.4, 0.5) is 0 Å². The maximum absolute atomic E-state index is 5.98. The molecule has 0 saturated carbocycles. The van der Waals surface area contributed by atoms with Crippen molar-refractivity contribution in [2.75, 3.05) is 36.6 Å². The normalized spacial score (nSPS) is 38.4. The molecule has 0 bridgehead atoms.